The molecule has 2 unspecified atom stereocenters. The van der Waals surface area contributed by atoms with Crippen molar-refractivity contribution in [1.29, 1.82) is 0 Å². The topological polar surface area (TPSA) is 52.6 Å². The maximum Gasteiger partial charge on any atom is 0.347 e. The molecule has 0 aromatic rings. The molecule has 1 rings (SSSR count). The Hall–Kier alpha value is -1.06. The van der Waals surface area contributed by atoms with Gasteiger partial charge in [-0.05, 0) is 37.0 Å². The summed E-state index contributed by atoms with van der Waals surface area (Å²) >= 11 is 0. The lowest BCUT2D eigenvalue weighted by Crippen LogP contribution is -2.48. The molecule has 2 atom stereocenters. The van der Waals surface area contributed by atoms with Crippen molar-refractivity contribution in [2.24, 2.45) is 16.2 Å². The largest absolute Gasteiger partial charge is 0.463 e. The summed E-state index contributed by atoms with van der Waals surface area (Å²) in [5.74, 6) is -0.667. The van der Waals surface area contributed by atoms with Crippen molar-refractivity contribution in [3.63, 3.8) is 0 Å². The fourth-order valence-corrected chi connectivity index (χ4v) is 3.49. The molecule has 0 aromatic carbocycles. The van der Waals surface area contributed by atoms with E-state index < -0.39 is 17.5 Å². The quantitative estimate of drug-likeness (QED) is 0.616. The Bertz CT molecular complexity index is 437. The van der Waals surface area contributed by atoms with Gasteiger partial charge in [-0.1, -0.05) is 48.0 Å². The van der Waals surface area contributed by atoms with Gasteiger partial charge in [-0.15, -0.1) is 0 Å². The molecule has 0 bridgehead atoms. The van der Waals surface area contributed by atoms with Crippen LogP contribution in [0.5, 0.6) is 0 Å². The standard InChI is InChI=1S/C19H34O4/c1-8-17(4,5)13-19(7,18(6,9-2)10-3)16(21)23-14-11-12-22-15(14)20/h14H,8-13H2,1-7H3. The van der Waals surface area contributed by atoms with Gasteiger partial charge in [-0.2, -0.15) is 0 Å². The van der Waals surface area contributed by atoms with Crippen LogP contribution in [0.3, 0.4) is 0 Å². The number of ether oxygens (including phenoxy) is 2. The summed E-state index contributed by atoms with van der Waals surface area (Å²) in [6.07, 6.45) is 3.26. The molecule has 4 nitrogen and oxygen atoms in total. The SMILES string of the molecule is CCC(C)(C)CC(C)(C(=O)OC1CCOC1=O)C(C)(CC)CC. The van der Waals surface area contributed by atoms with E-state index in [1.165, 1.54) is 0 Å². The molecule has 1 fully saturated rings. The molecule has 1 saturated heterocycles. The summed E-state index contributed by atoms with van der Waals surface area (Å²) in [6, 6.07) is 0. The van der Waals surface area contributed by atoms with Crippen LogP contribution < -0.4 is 0 Å². The van der Waals surface area contributed by atoms with E-state index in [4.69, 9.17) is 9.47 Å². The molecule has 0 amide bonds. The summed E-state index contributed by atoms with van der Waals surface area (Å²) in [5, 5.41) is 0. The minimum Gasteiger partial charge on any atom is -0.463 e. The first kappa shape index (κ1) is 20.0. The zero-order valence-corrected chi connectivity index (χ0v) is 16.0. The third-order valence-electron chi connectivity index (χ3n) is 6.27. The van der Waals surface area contributed by atoms with Crippen molar-refractivity contribution in [2.75, 3.05) is 6.61 Å². The number of carbonyl (C=O) groups is 2. The highest BCUT2D eigenvalue weighted by Gasteiger charge is 2.52. The Kier molecular flexibility index (Phi) is 6.28. The van der Waals surface area contributed by atoms with Crippen molar-refractivity contribution >= 4 is 11.9 Å². The van der Waals surface area contributed by atoms with Gasteiger partial charge in [0.15, 0.2) is 0 Å². The van der Waals surface area contributed by atoms with Crippen LogP contribution in [0.1, 0.15) is 80.6 Å². The Morgan fingerprint density at radius 3 is 2.09 bits per heavy atom. The molecule has 0 N–H and O–H groups in total. The van der Waals surface area contributed by atoms with E-state index in [-0.39, 0.29) is 16.8 Å². The summed E-state index contributed by atoms with van der Waals surface area (Å²) in [7, 11) is 0. The minimum absolute atomic E-state index is 0.0373. The number of rotatable bonds is 8. The molecule has 1 heterocycles. The van der Waals surface area contributed by atoms with Crippen LogP contribution in [0.4, 0.5) is 0 Å². The number of hydrogen-bond donors (Lipinski definition) is 0. The molecule has 0 spiro atoms. The van der Waals surface area contributed by atoms with Crippen LogP contribution in [0.2, 0.25) is 0 Å². The monoisotopic (exact) mass is 326 g/mol. The van der Waals surface area contributed by atoms with Gasteiger partial charge in [0, 0.05) is 6.42 Å². The first-order chi connectivity index (χ1) is 10.5. The molecule has 0 radical (unpaired) electrons. The molecule has 0 aromatic heterocycles. The van der Waals surface area contributed by atoms with Crippen molar-refractivity contribution in [1.82, 2.24) is 0 Å². The predicted molar refractivity (Wildman–Crippen MR) is 90.9 cm³/mol. The third-order valence-corrected chi connectivity index (χ3v) is 6.27. The van der Waals surface area contributed by atoms with E-state index in [9.17, 15) is 9.59 Å². The fourth-order valence-electron chi connectivity index (χ4n) is 3.49. The predicted octanol–water partition coefficient (Wildman–Crippen LogP) is 4.50. The van der Waals surface area contributed by atoms with E-state index in [2.05, 4.69) is 41.5 Å². The molecular formula is C19H34O4. The zero-order valence-electron chi connectivity index (χ0n) is 16.0. The van der Waals surface area contributed by atoms with E-state index in [0.717, 1.165) is 25.7 Å². The fraction of sp³-hybridized carbons (Fsp3) is 0.895. The second kappa shape index (κ2) is 7.23. The Morgan fingerprint density at radius 2 is 1.70 bits per heavy atom. The Morgan fingerprint density at radius 1 is 1.13 bits per heavy atom. The van der Waals surface area contributed by atoms with Crippen LogP contribution in [-0.4, -0.2) is 24.6 Å². The number of carbonyl (C=O) groups excluding carboxylic acids is 2. The van der Waals surface area contributed by atoms with Gasteiger partial charge in [-0.3, -0.25) is 4.79 Å². The van der Waals surface area contributed by atoms with E-state index in [1.54, 1.807) is 0 Å². The van der Waals surface area contributed by atoms with Crippen LogP contribution in [0, 0.1) is 16.2 Å². The first-order valence-corrected chi connectivity index (χ1v) is 8.93. The molecule has 0 aliphatic carbocycles. The van der Waals surface area contributed by atoms with Crippen molar-refractivity contribution < 1.29 is 19.1 Å². The molecule has 134 valence electrons. The normalized spacial score (nSPS) is 21.7. The maximum absolute atomic E-state index is 13.1. The molecule has 0 saturated carbocycles. The Balaban J connectivity index is 3.12. The summed E-state index contributed by atoms with van der Waals surface area (Å²) < 4.78 is 10.5. The van der Waals surface area contributed by atoms with Crippen molar-refractivity contribution in [3.05, 3.63) is 0 Å². The summed E-state index contributed by atoms with van der Waals surface area (Å²) in [5.41, 5.74) is -0.756. The van der Waals surface area contributed by atoms with Crippen LogP contribution in [0.15, 0.2) is 0 Å². The molecule has 1 aliphatic rings. The van der Waals surface area contributed by atoms with E-state index >= 15 is 0 Å². The highest BCUT2D eigenvalue weighted by Crippen LogP contribution is 2.52. The maximum atomic E-state index is 13.1. The van der Waals surface area contributed by atoms with E-state index in [1.807, 2.05) is 6.92 Å². The first-order valence-electron chi connectivity index (χ1n) is 8.93. The smallest absolute Gasteiger partial charge is 0.347 e. The van der Waals surface area contributed by atoms with Gasteiger partial charge in [-0.25, -0.2) is 4.79 Å². The second-order valence-electron chi connectivity index (χ2n) is 8.14. The second-order valence-corrected chi connectivity index (χ2v) is 8.14. The van der Waals surface area contributed by atoms with E-state index in [0.29, 0.717) is 13.0 Å². The zero-order chi connectivity index (χ0) is 17.9. The van der Waals surface area contributed by atoms with Crippen molar-refractivity contribution in [2.45, 2.75) is 86.7 Å². The highest BCUT2D eigenvalue weighted by molar-refractivity contribution is 5.83. The highest BCUT2D eigenvalue weighted by atomic mass is 16.6. The van der Waals surface area contributed by atoms with Crippen molar-refractivity contribution in [3.8, 4) is 0 Å². The number of cyclic esters (lactones) is 1. The van der Waals surface area contributed by atoms with Crippen LogP contribution in [-0.2, 0) is 19.1 Å². The van der Waals surface area contributed by atoms with Gasteiger partial charge in [0.25, 0.3) is 0 Å². The van der Waals surface area contributed by atoms with Crippen LogP contribution >= 0.6 is 0 Å². The summed E-state index contributed by atoms with van der Waals surface area (Å²) in [4.78, 5) is 24.8. The average molecular weight is 326 g/mol. The lowest BCUT2D eigenvalue weighted by atomic mass is 9.57. The molecule has 1 aliphatic heterocycles. The summed E-state index contributed by atoms with van der Waals surface area (Å²) in [6.45, 7) is 15.3. The molecular weight excluding hydrogens is 292 g/mol. The van der Waals surface area contributed by atoms with Gasteiger partial charge < -0.3 is 9.47 Å². The Labute approximate surface area is 141 Å². The lowest BCUT2D eigenvalue weighted by molar-refractivity contribution is -0.177. The van der Waals surface area contributed by atoms with Gasteiger partial charge in [0.05, 0.1) is 12.0 Å². The molecule has 23 heavy (non-hydrogen) atoms. The molecule has 4 heteroatoms. The number of esters is 2. The van der Waals surface area contributed by atoms with Crippen LogP contribution in [0.25, 0.3) is 0 Å². The lowest BCUT2D eigenvalue weighted by Gasteiger charge is -2.47. The van der Waals surface area contributed by atoms with Gasteiger partial charge in [0.2, 0.25) is 6.10 Å². The minimum atomic E-state index is -0.732. The van der Waals surface area contributed by atoms with Gasteiger partial charge in [0.1, 0.15) is 0 Å². The third kappa shape index (κ3) is 4.07. The number of hydrogen-bond acceptors (Lipinski definition) is 4. The van der Waals surface area contributed by atoms with Gasteiger partial charge >= 0.3 is 11.9 Å². The average Bonchev–Trinajstić information content (AvgIpc) is 2.90.